The van der Waals surface area contributed by atoms with Crippen molar-refractivity contribution in [1.82, 2.24) is 5.32 Å². The maximum atomic E-state index is 11.2. The molecule has 0 bridgehead atoms. The fourth-order valence-electron chi connectivity index (χ4n) is 2.25. The van der Waals surface area contributed by atoms with Crippen molar-refractivity contribution in [2.45, 2.75) is 64.5 Å². The largest absolute Gasteiger partial charge is 0.450 e. The van der Waals surface area contributed by atoms with Gasteiger partial charge in [-0.1, -0.05) is 39.0 Å². The molecule has 1 atom stereocenters. The monoisotopic (exact) mass is 243 g/mol. The minimum Gasteiger partial charge on any atom is -0.450 e. The molecule has 1 aliphatic carbocycles. The number of nitrogens with one attached hydrogen (secondary N) is 1. The summed E-state index contributed by atoms with van der Waals surface area (Å²) in [5, 5.41) is 12.1. The van der Waals surface area contributed by atoms with E-state index >= 15 is 0 Å². The standard InChI is InChI=1S/C13H25NO3/c1-2-3-10-17-13(16)14-12(15)9-8-11-6-4-5-7-11/h11-12,15H,2-10H2,1H3,(H,14,16). The van der Waals surface area contributed by atoms with Crippen molar-refractivity contribution in [2.75, 3.05) is 6.61 Å². The van der Waals surface area contributed by atoms with Crippen molar-refractivity contribution in [1.29, 1.82) is 0 Å². The van der Waals surface area contributed by atoms with Gasteiger partial charge in [0, 0.05) is 0 Å². The summed E-state index contributed by atoms with van der Waals surface area (Å²) in [5.74, 6) is 0.738. The average molecular weight is 243 g/mol. The zero-order valence-corrected chi connectivity index (χ0v) is 10.8. The van der Waals surface area contributed by atoms with Crippen LogP contribution in [0.4, 0.5) is 4.79 Å². The molecule has 17 heavy (non-hydrogen) atoms. The number of hydrogen-bond acceptors (Lipinski definition) is 3. The van der Waals surface area contributed by atoms with Gasteiger partial charge >= 0.3 is 6.09 Å². The van der Waals surface area contributed by atoms with E-state index in [-0.39, 0.29) is 0 Å². The van der Waals surface area contributed by atoms with Gasteiger partial charge < -0.3 is 9.84 Å². The molecule has 1 unspecified atom stereocenters. The van der Waals surface area contributed by atoms with E-state index in [0.717, 1.165) is 25.2 Å². The van der Waals surface area contributed by atoms with Crippen LogP contribution < -0.4 is 5.32 Å². The minimum atomic E-state index is -0.760. The first-order valence-electron chi connectivity index (χ1n) is 6.83. The van der Waals surface area contributed by atoms with Gasteiger partial charge in [-0.25, -0.2) is 4.79 Å². The maximum Gasteiger partial charge on any atom is 0.409 e. The van der Waals surface area contributed by atoms with Crippen LogP contribution in [0.3, 0.4) is 0 Å². The molecule has 0 aromatic rings. The molecule has 0 spiro atoms. The van der Waals surface area contributed by atoms with Crippen molar-refractivity contribution in [3.8, 4) is 0 Å². The summed E-state index contributed by atoms with van der Waals surface area (Å²) in [6.07, 6.45) is 7.40. The Kier molecular flexibility index (Phi) is 7.01. The number of ether oxygens (including phenoxy) is 1. The molecule has 0 heterocycles. The first-order chi connectivity index (χ1) is 8.22. The topological polar surface area (TPSA) is 58.6 Å². The van der Waals surface area contributed by atoms with E-state index in [2.05, 4.69) is 5.32 Å². The predicted molar refractivity (Wildman–Crippen MR) is 66.6 cm³/mol. The van der Waals surface area contributed by atoms with E-state index in [4.69, 9.17) is 4.74 Å². The van der Waals surface area contributed by atoms with E-state index in [9.17, 15) is 9.90 Å². The number of rotatable bonds is 7. The van der Waals surface area contributed by atoms with Gasteiger partial charge in [0.05, 0.1) is 6.61 Å². The Balaban J connectivity index is 2.02. The summed E-state index contributed by atoms with van der Waals surface area (Å²) < 4.78 is 4.91. The lowest BCUT2D eigenvalue weighted by Crippen LogP contribution is -2.35. The average Bonchev–Trinajstić information content (AvgIpc) is 2.79. The third-order valence-corrected chi connectivity index (χ3v) is 3.34. The quantitative estimate of drug-likeness (QED) is 0.534. The fraction of sp³-hybridized carbons (Fsp3) is 0.923. The third kappa shape index (κ3) is 6.51. The molecule has 4 nitrogen and oxygen atoms in total. The normalized spacial score (nSPS) is 18.0. The summed E-state index contributed by atoms with van der Waals surface area (Å²) in [6.45, 7) is 2.47. The van der Waals surface area contributed by atoms with Gasteiger partial charge in [0.1, 0.15) is 6.23 Å². The lowest BCUT2D eigenvalue weighted by Gasteiger charge is -2.15. The molecule has 0 radical (unpaired) electrons. The first kappa shape index (κ1) is 14.3. The Morgan fingerprint density at radius 2 is 2.18 bits per heavy atom. The molecule has 0 aromatic carbocycles. The number of aliphatic hydroxyl groups is 1. The number of amides is 1. The van der Waals surface area contributed by atoms with Gasteiger partial charge in [-0.2, -0.15) is 0 Å². The number of unbranched alkanes of at least 4 members (excludes halogenated alkanes) is 1. The second kappa shape index (κ2) is 8.34. The van der Waals surface area contributed by atoms with E-state index in [1.807, 2.05) is 6.92 Å². The molecular formula is C13H25NO3. The number of carbonyl (C=O) groups is 1. The van der Waals surface area contributed by atoms with E-state index in [0.29, 0.717) is 13.0 Å². The molecule has 1 aliphatic rings. The lowest BCUT2D eigenvalue weighted by molar-refractivity contribution is 0.0895. The Morgan fingerprint density at radius 3 is 2.82 bits per heavy atom. The molecule has 100 valence electrons. The second-order valence-corrected chi connectivity index (χ2v) is 4.88. The van der Waals surface area contributed by atoms with Crippen molar-refractivity contribution in [3.63, 3.8) is 0 Å². The van der Waals surface area contributed by atoms with Crippen LogP contribution in [0.1, 0.15) is 58.3 Å². The Morgan fingerprint density at radius 1 is 1.47 bits per heavy atom. The molecule has 1 rings (SSSR count). The van der Waals surface area contributed by atoms with Crippen LogP contribution >= 0.6 is 0 Å². The van der Waals surface area contributed by atoms with Crippen LogP contribution in [-0.2, 0) is 4.74 Å². The smallest absolute Gasteiger partial charge is 0.409 e. The SMILES string of the molecule is CCCCOC(=O)NC(O)CCC1CCCC1. The number of carbonyl (C=O) groups excluding carboxylic acids is 1. The summed E-state index contributed by atoms with van der Waals surface area (Å²) in [6, 6.07) is 0. The zero-order chi connectivity index (χ0) is 12.5. The van der Waals surface area contributed by atoms with Gasteiger partial charge in [0.2, 0.25) is 0 Å². The maximum absolute atomic E-state index is 11.2. The number of alkyl carbamates (subject to hydrolysis) is 1. The molecule has 1 saturated carbocycles. The molecule has 0 aromatic heterocycles. The van der Waals surface area contributed by atoms with Crippen LogP contribution in [-0.4, -0.2) is 24.0 Å². The van der Waals surface area contributed by atoms with Crippen LogP contribution in [0.15, 0.2) is 0 Å². The number of aliphatic hydroxyl groups excluding tert-OH is 1. The van der Waals surface area contributed by atoms with Gasteiger partial charge in [0.25, 0.3) is 0 Å². The molecule has 4 heteroatoms. The fourth-order valence-corrected chi connectivity index (χ4v) is 2.25. The first-order valence-corrected chi connectivity index (χ1v) is 6.83. The molecule has 0 saturated heterocycles. The summed E-state index contributed by atoms with van der Waals surface area (Å²) in [4.78, 5) is 11.2. The van der Waals surface area contributed by atoms with Crippen LogP contribution in [0.25, 0.3) is 0 Å². The number of hydrogen-bond donors (Lipinski definition) is 2. The van der Waals surface area contributed by atoms with Crippen molar-refractivity contribution in [3.05, 3.63) is 0 Å². The highest BCUT2D eigenvalue weighted by atomic mass is 16.5. The van der Waals surface area contributed by atoms with Crippen molar-refractivity contribution < 1.29 is 14.6 Å². The molecule has 1 amide bonds. The highest BCUT2D eigenvalue weighted by Crippen LogP contribution is 2.28. The predicted octanol–water partition coefficient (Wildman–Crippen LogP) is 2.80. The van der Waals surface area contributed by atoms with E-state index in [1.54, 1.807) is 0 Å². The van der Waals surface area contributed by atoms with Crippen LogP contribution in [0.5, 0.6) is 0 Å². The van der Waals surface area contributed by atoms with Gasteiger partial charge in [-0.3, -0.25) is 5.32 Å². The second-order valence-electron chi connectivity index (χ2n) is 4.88. The van der Waals surface area contributed by atoms with Crippen molar-refractivity contribution >= 4 is 6.09 Å². The molecule has 1 fully saturated rings. The molecular weight excluding hydrogens is 218 g/mol. The van der Waals surface area contributed by atoms with Crippen LogP contribution in [0.2, 0.25) is 0 Å². The summed E-state index contributed by atoms with van der Waals surface area (Å²) in [7, 11) is 0. The highest BCUT2D eigenvalue weighted by Gasteiger charge is 2.17. The van der Waals surface area contributed by atoms with Crippen LogP contribution in [0, 0.1) is 5.92 Å². The van der Waals surface area contributed by atoms with Gasteiger partial charge in [0.15, 0.2) is 0 Å². The van der Waals surface area contributed by atoms with Gasteiger partial charge in [-0.15, -0.1) is 0 Å². The van der Waals surface area contributed by atoms with E-state index < -0.39 is 12.3 Å². The zero-order valence-electron chi connectivity index (χ0n) is 10.8. The lowest BCUT2D eigenvalue weighted by atomic mass is 10.0. The molecule has 0 aliphatic heterocycles. The summed E-state index contributed by atoms with van der Waals surface area (Å²) in [5.41, 5.74) is 0. The van der Waals surface area contributed by atoms with Crippen molar-refractivity contribution in [2.24, 2.45) is 5.92 Å². The Hall–Kier alpha value is -0.770. The van der Waals surface area contributed by atoms with E-state index in [1.165, 1.54) is 25.7 Å². The van der Waals surface area contributed by atoms with Gasteiger partial charge in [-0.05, 0) is 25.2 Å². The minimum absolute atomic E-state index is 0.428. The Labute approximate surface area is 104 Å². The molecule has 2 N–H and O–H groups in total. The Bertz CT molecular complexity index is 215. The highest BCUT2D eigenvalue weighted by molar-refractivity contribution is 5.67. The summed E-state index contributed by atoms with van der Waals surface area (Å²) >= 11 is 0. The third-order valence-electron chi connectivity index (χ3n) is 3.34.